The Morgan fingerprint density at radius 3 is 1.68 bits per heavy atom. The van der Waals surface area contributed by atoms with Gasteiger partial charge in [-0.25, -0.2) is 12.8 Å². The van der Waals surface area contributed by atoms with Crippen LogP contribution in [-0.2, 0) is 20.7 Å². The number of rotatable bonds is 6. The first-order chi connectivity index (χ1) is 19.0. The van der Waals surface area contributed by atoms with Gasteiger partial charge in [0.2, 0.25) is 0 Å². The molecular weight excluding hydrogens is 515 g/mol. The highest BCUT2D eigenvalue weighted by atomic mass is 32.2. The first kappa shape index (κ1) is 28.9. The summed E-state index contributed by atoms with van der Waals surface area (Å²) in [6.07, 6.45) is 0.179. The van der Waals surface area contributed by atoms with Gasteiger partial charge in [0, 0.05) is 12.0 Å². The molecule has 4 aromatic rings. The molecule has 4 rings (SSSR count). The monoisotopic (exact) mass is 548 g/mol. The molecular formula is C36H33FO2S. The highest BCUT2D eigenvalue weighted by Gasteiger charge is 2.28. The summed E-state index contributed by atoms with van der Waals surface area (Å²) in [5.74, 6) is 12.8. The van der Waals surface area contributed by atoms with E-state index in [1.165, 1.54) is 12.1 Å². The van der Waals surface area contributed by atoms with Gasteiger partial charge in [0.1, 0.15) is 11.1 Å². The van der Waals surface area contributed by atoms with Gasteiger partial charge in [-0.1, -0.05) is 96.5 Å². The third-order valence-electron chi connectivity index (χ3n) is 7.00. The molecule has 1 atom stereocenters. The summed E-state index contributed by atoms with van der Waals surface area (Å²) in [4.78, 5) is 0.293. The van der Waals surface area contributed by atoms with Crippen molar-refractivity contribution >= 4 is 9.84 Å². The first-order valence-corrected chi connectivity index (χ1v) is 14.8. The molecule has 0 saturated carbocycles. The summed E-state index contributed by atoms with van der Waals surface area (Å²) in [7, 11) is -3.61. The van der Waals surface area contributed by atoms with E-state index in [2.05, 4.69) is 37.5 Å². The molecule has 4 heteroatoms. The van der Waals surface area contributed by atoms with E-state index in [1.54, 1.807) is 42.5 Å². The summed E-state index contributed by atoms with van der Waals surface area (Å²) in [6.45, 7) is 8.20. The molecule has 202 valence electrons. The minimum atomic E-state index is -3.61. The van der Waals surface area contributed by atoms with Crippen molar-refractivity contribution in [2.24, 2.45) is 0 Å². The van der Waals surface area contributed by atoms with Crippen LogP contribution >= 0.6 is 0 Å². The molecule has 0 bridgehead atoms. The van der Waals surface area contributed by atoms with Crippen LogP contribution in [0.5, 0.6) is 0 Å². The molecule has 0 fully saturated rings. The van der Waals surface area contributed by atoms with Crippen LogP contribution < -0.4 is 0 Å². The summed E-state index contributed by atoms with van der Waals surface area (Å²) in [5.41, 5.74) is 2.71. The zero-order valence-electron chi connectivity index (χ0n) is 23.3. The zero-order chi connectivity index (χ0) is 28.8. The highest BCUT2D eigenvalue weighted by molar-refractivity contribution is 7.91. The van der Waals surface area contributed by atoms with Gasteiger partial charge in [0.25, 0.3) is 0 Å². The molecule has 0 N–H and O–H groups in total. The number of hydrogen-bond acceptors (Lipinski definition) is 2. The molecule has 2 nitrogen and oxygen atoms in total. The van der Waals surface area contributed by atoms with E-state index < -0.39 is 25.9 Å². The third-order valence-corrected chi connectivity index (χ3v) is 9.12. The van der Waals surface area contributed by atoms with Crippen LogP contribution in [0.25, 0.3) is 0 Å². The molecule has 0 saturated heterocycles. The fourth-order valence-electron chi connectivity index (χ4n) is 4.39. The second-order valence-electron chi connectivity index (χ2n) is 10.8. The molecule has 0 aliphatic rings. The van der Waals surface area contributed by atoms with E-state index in [9.17, 15) is 12.8 Å². The molecule has 1 unspecified atom stereocenters. The van der Waals surface area contributed by atoms with E-state index in [0.717, 1.165) is 22.3 Å². The molecule has 0 aliphatic heterocycles. The number of sulfone groups is 1. The molecule has 0 heterocycles. The number of halogens is 1. The highest BCUT2D eigenvalue weighted by Crippen LogP contribution is 2.31. The van der Waals surface area contributed by atoms with E-state index in [0.29, 0.717) is 4.90 Å². The molecule has 0 spiro atoms. The largest absolute Gasteiger partial charge is 0.223 e. The van der Waals surface area contributed by atoms with Crippen molar-refractivity contribution in [2.75, 3.05) is 0 Å². The van der Waals surface area contributed by atoms with Crippen LogP contribution in [-0.4, -0.2) is 8.42 Å². The van der Waals surface area contributed by atoms with Gasteiger partial charge in [0.05, 0.1) is 15.7 Å². The second-order valence-corrected chi connectivity index (χ2v) is 13.0. The Bertz CT molecular complexity index is 1660. The molecule has 0 amide bonds. The number of benzene rings is 4. The van der Waals surface area contributed by atoms with E-state index >= 15 is 0 Å². The van der Waals surface area contributed by atoms with Crippen molar-refractivity contribution in [1.29, 1.82) is 0 Å². The average Bonchev–Trinajstić information content (AvgIpc) is 2.96. The van der Waals surface area contributed by atoms with Crippen molar-refractivity contribution in [2.45, 2.75) is 55.1 Å². The maximum absolute atomic E-state index is 13.5. The second kappa shape index (κ2) is 12.0. The molecule has 40 heavy (non-hydrogen) atoms. The Kier molecular flexibility index (Phi) is 8.63. The predicted octanol–water partition coefficient (Wildman–Crippen LogP) is 8.04. The third kappa shape index (κ3) is 6.90. The fraction of sp³-hybridized carbons (Fsp3) is 0.222. The van der Waals surface area contributed by atoms with Gasteiger partial charge in [0.15, 0.2) is 9.84 Å². The zero-order valence-corrected chi connectivity index (χ0v) is 24.1. The van der Waals surface area contributed by atoms with Crippen LogP contribution in [0.15, 0.2) is 114 Å². The maximum Gasteiger partial charge on any atom is 0.186 e. The Labute approximate surface area is 238 Å². The molecule has 0 radical (unpaired) electrons. The summed E-state index contributed by atoms with van der Waals surface area (Å²) < 4.78 is 40.3. The minimum absolute atomic E-state index is 0.179. The molecule has 0 aromatic heterocycles. The van der Waals surface area contributed by atoms with Crippen molar-refractivity contribution in [3.8, 4) is 23.7 Å². The normalized spacial score (nSPS) is 12.4. The predicted molar refractivity (Wildman–Crippen MR) is 161 cm³/mol. The molecule has 0 aliphatic carbocycles. The Morgan fingerprint density at radius 1 is 0.675 bits per heavy atom. The lowest BCUT2D eigenvalue weighted by Gasteiger charge is -2.22. The molecule has 4 aromatic carbocycles. The van der Waals surface area contributed by atoms with Gasteiger partial charge in [-0.05, 0) is 80.8 Å². The summed E-state index contributed by atoms with van der Waals surface area (Å²) >= 11 is 0. The lowest BCUT2D eigenvalue weighted by atomic mass is 9.80. The SMILES string of the molecule is CC(C)(C#CC(C)(C)c1ccc(C#CCC(c2ccccc2)S(=O)(=O)c2ccccc2)cc1)c1ccc(F)cc1. The van der Waals surface area contributed by atoms with Crippen molar-refractivity contribution in [1.82, 2.24) is 0 Å². The van der Waals surface area contributed by atoms with E-state index in [4.69, 9.17) is 0 Å². The van der Waals surface area contributed by atoms with Crippen molar-refractivity contribution in [3.05, 3.63) is 137 Å². The fourth-order valence-corrected chi connectivity index (χ4v) is 6.07. The average molecular weight is 549 g/mol. The number of hydrogen-bond donors (Lipinski definition) is 0. The van der Waals surface area contributed by atoms with Gasteiger partial charge in [-0.15, -0.1) is 0 Å². The minimum Gasteiger partial charge on any atom is -0.223 e. The van der Waals surface area contributed by atoms with Crippen LogP contribution in [0.3, 0.4) is 0 Å². The lowest BCUT2D eigenvalue weighted by Crippen LogP contribution is -2.19. The standard InChI is InChI=1S/C36H33FO2S/c1-35(2,26-27-36(3,4)31-22-24-32(37)25-23-31)30-20-18-28(19-21-30)12-11-17-34(29-13-7-5-8-14-29)40(38,39)33-15-9-6-10-16-33/h5-10,13-16,18-25,34H,17H2,1-4H3. The van der Waals surface area contributed by atoms with E-state index in [1.807, 2.05) is 68.4 Å². The first-order valence-electron chi connectivity index (χ1n) is 13.2. The van der Waals surface area contributed by atoms with Gasteiger partial charge < -0.3 is 0 Å². The summed E-state index contributed by atoms with van der Waals surface area (Å²) in [6, 6.07) is 32.2. The Hall–Kier alpha value is -4.12. The van der Waals surface area contributed by atoms with E-state index in [-0.39, 0.29) is 12.2 Å². The smallest absolute Gasteiger partial charge is 0.186 e. The van der Waals surface area contributed by atoms with Crippen LogP contribution in [0.4, 0.5) is 4.39 Å². The maximum atomic E-state index is 13.5. The quantitative estimate of drug-likeness (QED) is 0.229. The lowest BCUT2D eigenvalue weighted by molar-refractivity contribution is 0.583. The summed E-state index contributed by atoms with van der Waals surface area (Å²) in [5, 5.41) is -0.762. The van der Waals surface area contributed by atoms with Crippen molar-refractivity contribution in [3.63, 3.8) is 0 Å². The van der Waals surface area contributed by atoms with Crippen LogP contribution in [0.1, 0.15) is 61.6 Å². The van der Waals surface area contributed by atoms with Crippen LogP contribution in [0, 0.1) is 29.5 Å². The topological polar surface area (TPSA) is 34.1 Å². The van der Waals surface area contributed by atoms with Crippen molar-refractivity contribution < 1.29 is 12.8 Å². The Morgan fingerprint density at radius 2 is 1.15 bits per heavy atom. The van der Waals surface area contributed by atoms with Gasteiger partial charge in [-0.2, -0.15) is 0 Å². The van der Waals surface area contributed by atoms with Gasteiger partial charge >= 0.3 is 0 Å². The Balaban J connectivity index is 1.53. The van der Waals surface area contributed by atoms with Crippen LogP contribution in [0.2, 0.25) is 0 Å². The van der Waals surface area contributed by atoms with Gasteiger partial charge in [-0.3, -0.25) is 0 Å².